The lowest BCUT2D eigenvalue weighted by Crippen LogP contribution is -1.98. The highest BCUT2D eigenvalue weighted by molar-refractivity contribution is 7.25. The fourth-order valence-corrected chi connectivity index (χ4v) is 7.83. The lowest BCUT2D eigenvalue weighted by Gasteiger charge is -2.16. The smallest absolute Gasteiger partial charge is 0.0645 e. The van der Waals surface area contributed by atoms with Gasteiger partial charge in [-0.25, -0.2) is 0 Å². The second-order valence-electron chi connectivity index (χ2n) is 12.3. The van der Waals surface area contributed by atoms with E-state index in [0.717, 1.165) is 4.57 Å². The van der Waals surface area contributed by atoms with Crippen molar-refractivity contribution in [2.45, 2.75) is 0 Å². The average molecular weight is 777 g/mol. The number of aromatic nitrogens is 2. The Morgan fingerprint density at radius 1 is 0.333 bits per heavy atom. The van der Waals surface area contributed by atoms with Crippen molar-refractivity contribution in [3.05, 3.63) is 205 Å². The predicted molar refractivity (Wildman–Crippen MR) is 244 cm³/mol. The fourth-order valence-electron chi connectivity index (χ4n) is 6.86. The summed E-state index contributed by atoms with van der Waals surface area (Å²) in [5, 5.41) is -3.65. The standard InChI is InChI=1S/C54H34N2S/c1-3-13-35(14-4-1)36-23-27-40(28-24-36)55-47-20-10-7-17-42(47)45-33-38(25-30-49(45)55)39-26-31-50-46(34-39)43-18-8-11-21-48(43)56(50)54-41(37-15-5-2-6-16-37)29-32-52-53(54)44-19-9-12-22-51(44)57-52/h1-34H/i1D,2D,3D,4D,5D,6D,7D,8D,9D,10D,11D,12D,13D,14D,15D,16D,17D,18D,19D,20D,21D,22D,23D,24D,25D,26D,27D,28D,29D,30D,31D,32D,33D,34D. The van der Waals surface area contributed by atoms with Crippen molar-refractivity contribution in [3.63, 3.8) is 0 Å². The van der Waals surface area contributed by atoms with E-state index in [2.05, 4.69) is 0 Å². The number of hydrogen-bond acceptors (Lipinski definition) is 1. The first-order valence-electron chi connectivity index (χ1n) is 33.7. The van der Waals surface area contributed by atoms with Gasteiger partial charge in [0, 0.05) is 53.0 Å². The topological polar surface area (TPSA) is 9.86 Å². The summed E-state index contributed by atoms with van der Waals surface area (Å²) in [5.74, 6) is 0. The van der Waals surface area contributed by atoms with Crippen molar-refractivity contribution in [1.29, 1.82) is 0 Å². The summed E-state index contributed by atoms with van der Waals surface area (Å²) in [6.45, 7) is 0. The van der Waals surface area contributed by atoms with Gasteiger partial charge >= 0.3 is 0 Å². The normalized spacial score (nSPS) is 20.2. The van der Waals surface area contributed by atoms with Crippen LogP contribution in [0.5, 0.6) is 0 Å². The molecule has 0 aliphatic carbocycles. The molecule has 0 aliphatic rings. The summed E-state index contributed by atoms with van der Waals surface area (Å²) in [4.78, 5) is 0. The molecular formula is C54H34N2S. The Balaban J connectivity index is 1.29. The van der Waals surface area contributed by atoms with E-state index in [1.165, 1.54) is 0 Å². The van der Waals surface area contributed by atoms with Gasteiger partial charge in [0.05, 0.1) is 74.4 Å². The molecule has 0 saturated carbocycles. The largest absolute Gasteiger partial charge is 0.309 e. The summed E-state index contributed by atoms with van der Waals surface area (Å²) in [6.07, 6.45) is 0. The van der Waals surface area contributed by atoms with Crippen molar-refractivity contribution in [1.82, 2.24) is 9.13 Å². The Morgan fingerprint density at radius 3 is 1.49 bits per heavy atom. The molecule has 9 aromatic carbocycles. The van der Waals surface area contributed by atoms with Gasteiger partial charge in [-0.1, -0.05) is 145 Å². The van der Waals surface area contributed by atoms with Crippen LogP contribution in [0, 0.1) is 0 Å². The van der Waals surface area contributed by atoms with Gasteiger partial charge in [0.2, 0.25) is 0 Å². The number of benzene rings is 9. The van der Waals surface area contributed by atoms with Gasteiger partial charge < -0.3 is 9.13 Å². The van der Waals surface area contributed by atoms with Crippen LogP contribution in [0.2, 0.25) is 0 Å². The van der Waals surface area contributed by atoms with Crippen LogP contribution < -0.4 is 0 Å². The molecule has 0 N–H and O–H groups in total. The third-order valence-corrected chi connectivity index (χ3v) is 10.3. The van der Waals surface area contributed by atoms with Crippen LogP contribution in [0.3, 0.4) is 0 Å². The first-order valence-corrected chi connectivity index (χ1v) is 17.6. The van der Waals surface area contributed by atoms with Crippen LogP contribution in [0.1, 0.15) is 46.6 Å². The maximum atomic E-state index is 10.2. The Kier molecular flexibility index (Phi) is 2.93. The van der Waals surface area contributed by atoms with Crippen molar-refractivity contribution < 1.29 is 46.6 Å². The highest BCUT2D eigenvalue weighted by atomic mass is 32.1. The predicted octanol–water partition coefficient (Wildman–Crippen LogP) is 15.2. The van der Waals surface area contributed by atoms with Gasteiger partial charge in [0.25, 0.3) is 0 Å². The van der Waals surface area contributed by atoms with Gasteiger partial charge in [-0.3, -0.25) is 0 Å². The molecule has 3 heterocycles. The SMILES string of the molecule is [2H]c1c([2H])c([2H])c(-c2c([2H])c([2H])c(-n3c4c([2H])c([2H])c([2H])c([2H])c4c4c([2H])c(-c5c([2H])c([2H])c6c(c5[2H])c5c([2H])c([2H])c([2H])c([2H])c5n6-c5c(-c6c([2H])c([2H])c([2H])c([2H])c6[2H])c([2H])c([2H])c6sc7c([2H])c([2H])c([2H])c([2H])c7c56)c([2H])c([2H])c43)c([2H])c2[2H])c([2H])c1[2H]. The summed E-state index contributed by atoms with van der Waals surface area (Å²) in [5.41, 5.74) is -9.54. The first-order chi connectivity index (χ1) is 42.4. The van der Waals surface area contributed by atoms with Gasteiger partial charge in [-0.2, -0.15) is 0 Å². The Morgan fingerprint density at radius 2 is 0.825 bits per heavy atom. The van der Waals surface area contributed by atoms with Crippen molar-refractivity contribution in [3.8, 4) is 44.8 Å². The zero-order valence-electron chi connectivity index (χ0n) is 62.3. The van der Waals surface area contributed by atoms with E-state index in [1.807, 2.05) is 0 Å². The Bertz CT molecular complexity index is 5440. The molecule has 0 fully saturated rings. The van der Waals surface area contributed by atoms with Crippen LogP contribution >= 0.6 is 11.3 Å². The summed E-state index contributed by atoms with van der Waals surface area (Å²) >= 11 is 0.566. The molecule has 3 aromatic heterocycles. The zero-order chi connectivity index (χ0) is 67.0. The quantitative estimate of drug-likeness (QED) is 0.165. The van der Waals surface area contributed by atoms with E-state index in [1.54, 1.807) is 0 Å². The number of para-hydroxylation sites is 2. The highest BCUT2D eigenvalue weighted by Crippen LogP contribution is 2.46. The molecule has 0 atom stereocenters. The molecule has 0 spiro atoms. The average Bonchev–Trinajstić information content (AvgIpc) is 1.53. The molecule has 3 heteroatoms. The van der Waals surface area contributed by atoms with E-state index in [-0.39, 0.29) is 9.40 Å². The Labute approximate surface area is 381 Å². The minimum absolute atomic E-state index is 0.255. The van der Waals surface area contributed by atoms with E-state index in [4.69, 9.17) is 20.6 Å². The lowest BCUT2D eigenvalue weighted by molar-refractivity contribution is 1.18. The molecule has 266 valence electrons. The fraction of sp³-hybridized carbons (Fsp3) is 0. The van der Waals surface area contributed by atoms with Gasteiger partial charge in [0.15, 0.2) is 0 Å². The molecule has 0 amide bonds. The number of nitrogens with zero attached hydrogens (tertiary/aromatic N) is 2. The molecule has 12 rings (SSSR count). The summed E-state index contributed by atoms with van der Waals surface area (Å²) in [6, 6.07) is -32.7. The number of fused-ring (bicyclic) bond motifs is 9. The minimum Gasteiger partial charge on any atom is -0.309 e. The molecule has 2 nitrogen and oxygen atoms in total. The third kappa shape index (κ3) is 4.96. The van der Waals surface area contributed by atoms with Crippen molar-refractivity contribution in [2.75, 3.05) is 0 Å². The molecule has 0 bridgehead atoms. The monoisotopic (exact) mass is 776 g/mol. The van der Waals surface area contributed by atoms with Crippen LogP contribution in [0.25, 0.3) is 109 Å². The second kappa shape index (κ2) is 12.7. The molecule has 0 unspecified atom stereocenters. The zero-order valence-corrected chi connectivity index (χ0v) is 29.1. The van der Waals surface area contributed by atoms with Gasteiger partial charge in [-0.15, -0.1) is 11.3 Å². The third-order valence-electron chi connectivity index (χ3n) is 9.23. The van der Waals surface area contributed by atoms with Crippen molar-refractivity contribution in [2.24, 2.45) is 0 Å². The Hall–Kier alpha value is -7.20. The van der Waals surface area contributed by atoms with Gasteiger partial charge in [-0.05, 0) is 88.2 Å². The minimum atomic E-state index is -1.15. The molecule has 57 heavy (non-hydrogen) atoms. The van der Waals surface area contributed by atoms with Crippen molar-refractivity contribution >= 4 is 75.1 Å². The van der Waals surface area contributed by atoms with E-state index in [0.29, 0.717) is 15.9 Å². The maximum Gasteiger partial charge on any atom is 0.0645 e. The maximum absolute atomic E-state index is 10.2. The molecule has 0 saturated heterocycles. The van der Waals surface area contributed by atoms with E-state index >= 15 is 0 Å². The number of thiophene rings is 1. The van der Waals surface area contributed by atoms with Crippen LogP contribution in [0.4, 0.5) is 0 Å². The highest BCUT2D eigenvalue weighted by Gasteiger charge is 2.22. The number of hydrogen-bond donors (Lipinski definition) is 0. The number of rotatable bonds is 5. The lowest BCUT2D eigenvalue weighted by atomic mass is 9.99. The summed E-state index contributed by atoms with van der Waals surface area (Å²) in [7, 11) is 0. The molecule has 0 radical (unpaired) electrons. The van der Waals surface area contributed by atoms with Crippen LogP contribution in [-0.2, 0) is 0 Å². The second-order valence-corrected chi connectivity index (χ2v) is 13.3. The molecular weight excluding hydrogens is 709 g/mol. The summed E-state index contributed by atoms with van der Waals surface area (Å²) < 4.78 is 311. The van der Waals surface area contributed by atoms with Crippen LogP contribution in [-0.4, -0.2) is 9.13 Å². The molecule has 12 aromatic rings. The first kappa shape index (κ1) is 13.2. The van der Waals surface area contributed by atoms with Crippen LogP contribution in [0.15, 0.2) is 205 Å². The van der Waals surface area contributed by atoms with E-state index in [9.17, 15) is 26.0 Å². The van der Waals surface area contributed by atoms with E-state index < -0.39 is 305 Å². The molecule has 0 aliphatic heterocycles. The van der Waals surface area contributed by atoms with Gasteiger partial charge in [0.1, 0.15) is 0 Å².